The van der Waals surface area contributed by atoms with Crippen molar-refractivity contribution in [2.75, 3.05) is 5.32 Å². The number of aromatic nitrogens is 3. The number of amides is 1. The zero-order valence-electron chi connectivity index (χ0n) is 17.9. The van der Waals surface area contributed by atoms with Gasteiger partial charge in [0.15, 0.2) is 11.0 Å². The molecule has 0 aliphatic heterocycles. The van der Waals surface area contributed by atoms with E-state index in [-0.39, 0.29) is 16.6 Å². The first-order valence-corrected chi connectivity index (χ1v) is 10.6. The SMILES string of the molecule is Cc1ccc(NC(=O)[C@H](C)Sc2nnc(-c3ccc(C(C)(C)C)cc3)n2C)cc1. The van der Waals surface area contributed by atoms with E-state index in [0.29, 0.717) is 5.16 Å². The standard InChI is InChI=1S/C23H28N4OS/c1-15-7-13-19(14-8-15)24-21(28)16(2)29-22-26-25-20(27(22)6)17-9-11-18(12-10-17)23(3,4)5/h7-14,16H,1-6H3,(H,24,28)/t16-/m0/s1. The predicted molar refractivity (Wildman–Crippen MR) is 120 cm³/mol. The Balaban J connectivity index is 1.70. The molecule has 1 heterocycles. The van der Waals surface area contributed by atoms with Crippen molar-refractivity contribution in [3.05, 3.63) is 59.7 Å². The Bertz CT molecular complexity index is 985. The van der Waals surface area contributed by atoms with Crippen molar-refractivity contribution >= 4 is 23.4 Å². The number of nitrogens with zero attached hydrogens (tertiary/aromatic N) is 3. The minimum absolute atomic E-state index is 0.0575. The fraction of sp³-hybridized carbons (Fsp3) is 0.348. The summed E-state index contributed by atoms with van der Waals surface area (Å²) in [5.41, 5.74) is 4.36. The fourth-order valence-corrected chi connectivity index (χ4v) is 3.70. The molecule has 3 rings (SSSR count). The Kier molecular flexibility index (Phi) is 6.13. The molecule has 152 valence electrons. The largest absolute Gasteiger partial charge is 0.325 e. The molecule has 0 saturated heterocycles. The van der Waals surface area contributed by atoms with Crippen LogP contribution in [0.2, 0.25) is 0 Å². The molecule has 1 amide bonds. The summed E-state index contributed by atoms with van der Waals surface area (Å²) >= 11 is 1.40. The van der Waals surface area contributed by atoms with E-state index < -0.39 is 0 Å². The van der Waals surface area contributed by atoms with Crippen molar-refractivity contribution in [1.82, 2.24) is 14.8 Å². The molecular formula is C23H28N4OS. The van der Waals surface area contributed by atoms with E-state index in [0.717, 1.165) is 22.6 Å². The highest BCUT2D eigenvalue weighted by atomic mass is 32.2. The second kappa shape index (κ2) is 8.41. The number of aryl methyl sites for hydroxylation is 1. The maximum Gasteiger partial charge on any atom is 0.237 e. The third kappa shape index (κ3) is 5.07. The van der Waals surface area contributed by atoms with Gasteiger partial charge in [-0.05, 0) is 37.0 Å². The molecule has 29 heavy (non-hydrogen) atoms. The normalized spacial score (nSPS) is 12.6. The van der Waals surface area contributed by atoms with Gasteiger partial charge in [-0.1, -0.05) is 74.5 Å². The van der Waals surface area contributed by atoms with Crippen LogP contribution in [0, 0.1) is 6.92 Å². The number of hydrogen-bond donors (Lipinski definition) is 1. The summed E-state index contributed by atoms with van der Waals surface area (Å²) in [6.45, 7) is 10.5. The lowest BCUT2D eigenvalue weighted by atomic mass is 9.87. The van der Waals surface area contributed by atoms with Gasteiger partial charge in [0.25, 0.3) is 0 Å². The molecule has 1 aromatic heterocycles. The van der Waals surface area contributed by atoms with Gasteiger partial charge in [-0.3, -0.25) is 4.79 Å². The average molecular weight is 409 g/mol. The predicted octanol–water partition coefficient (Wildman–Crippen LogP) is 5.21. The van der Waals surface area contributed by atoms with Crippen LogP contribution in [0.1, 0.15) is 38.8 Å². The molecule has 0 unspecified atom stereocenters. The lowest BCUT2D eigenvalue weighted by Gasteiger charge is -2.19. The van der Waals surface area contributed by atoms with Crippen molar-refractivity contribution in [1.29, 1.82) is 0 Å². The third-order valence-corrected chi connectivity index (χ3v) is 5.95. The highest BCUT2D eigenvalue weighted by Gasteiger charge is 2.20. The van der Waals surface area contributed by atoms with Crippen molar-refractivity contribution in [3.8, 4) is 11.4 Å². The maximum atomic E-state index is 12.5. The van der Waals surface area contributed by atoms with Crippen LogP contribution in [0.5, 0.6) is 0 Å². The second-order valence-electron chi connectivity index (χ2n) is 8.31. The molecule has 0 saturated carbocycles. The van der Waals surface area contributed by atoms with Crippen LogP contribution in [0.4, 0.5) is 5.69 Å². The number of rotatable bonds is 5. The van der Waals surface area contributed by atoms with Crippen LogP contribution < -0.4 is 5.32 Å². The molecule has 2 aromatic carbocycles. The van der Waals surface area contributed by atoms with Crippen LogP contribution >= 0.6 is 11.8 Å². The van der Waals surface area contributed by atoms with E-state index in [1.54, 1.807) is 0 Å². The molecule has 0 radical (unpaired) electrons. The minimum Gasteiger partial charge on any atom is -0.325 e. The number of benzene rings is 2. The first kappa shape index (κ1) is 21.1. The van der Waals surface area contributed by atoms with Gasteiger partial charge < -0.3 is 9.88 Å². The Morgan fingerprint density at radius 2 is 1.66 bits per heavy atom. The van der Waals surface area contributed by atoms with Crippen molar-refractivity contribution in [2.45, 2.75) is 50.4 Å². The second-order valence-corrected chi connectivity index (χ2v) is 9.62. The van der Waals surface area contributed by atoms with E-state index >= 15 is 0 Å². The monoisotopic (exact) mass is 408 g/mol. The van der Waals surface area contributed by atoms with E-state index in [9.17, 15) is 4.79 Å². The highest BCUT2D eigenvalue weighted by molar-refractivity contribution is 8.00. The third-order valence-electron chi connectivity index (χ3n) is 4.81. The number of nitrogens with one attached hydrogen (secondary N) is 1. The summed E-state index contributed by atoms with van der Waals surface area (Å²) in [7, 11) is 1.93. The van der Waals surface area contributed by atoms with E-state index in [1.807, 2.05) is 49.7 Å². The van der Waals surface area contributed by atoms with Gasteiger partial charge in [0.1, 0.15) is 0 Å². The number of hydrogen-bond acceptors (Lipinski definition) is 4. The van der Waals surface area contributed by atoms with Gasteiger partial charge in [-0.15, -0.1) is 10.2 Å². The van der Waals surface area contributed by atoms with Crippen molar-refractivity contribution in [3.63, 3.8) is 0 Å². The maximum absolute atomic E-state index is 12.5. The first-order valence-electron chi connectivity index (χ1n) is 9.69. The van der Waals surface area contributed by atoms with Crippen molar-refractivity contribution < 1.29 is 4.79 Å². The zero-order chi connectivity index (χ0) is 21.2. The summed E-state index contributed by atoms with van der Waals surface area (Å²) in [5.74, 6) is 0.733. The Hall–Kier alpha value is -2.60. The number of anilines is 1. The summed E-state index contributed by atoms with van der Waals surface area (Å²) in [4.78, 5) is 12.5. The van der Waals surface area contributed by atoms with Crippen molar-refractivity contribution in [2.24, 2.45) is 7.05 Å². The molecule has 0 spiro atoms. The van der Waals surface area contributed by atoms with Crippen LogP contribution in [0.15, 0.2) is 53.7 Å². The van der Waals surface area contributed by atoms with Gasteiger partial charge >= 0.3 is 0 Å². The van der Waals surface area contributed by atoms with Gasteiger partial charge in [0, 0.05) is 18.3 Å². The average Bonchev–Trinajstić information content (AvgIpc) is 3.03. The zero-order valence-corrected chi connectivity index (χ0v) is 18.7. The molecule has 1 N–H and O–H groups in total. The highest BCUT2D eigenvalue weighted by Crippen LogP contribution is 2.28. The van der Waals surface area contributed by atoms with E-state index in [4.69, 9.17) is 0 Å². The smallest absolute Gasteiger partial charge is 0.237 e. The molecule has 0 aliphatic rings. The van der Waals surface area contributed by atoms with E-state index in [1.165, 1.54) is 17.3 Å². The molecule has 0 bridgehead atoms. The topological polar surface area (TPSA) is 59.8 Å². The van der Waals surface area contributed by atoms with Crippen LogP contribution in [0.3, 0.4) is 0 Å². The lowest BCUT2D eigenvalue weighted by Crippen LogP contribution is -2.22. The van der Waals surface area contributed by atoms with Gasteiger partial charge in [-0.25, -0.2) is 0 Å². The molecular weight excluding hydrogens is 380 g/mol. The molecule has 1 atom stereocenters. The lowest BCUT2D eigenvalue weighted by molar-refractivity contribution is -0.115. The minimum atomic E-state index is -0.296. The molecule has 5 nitrogen and oxygen atoms in total. The molecule has 6 heteroatoms. The number of carbonyl (C=O) groups is 1. The summed E-state index contributed by atoms with van der Waals surface area (Å²) < 4.78 is 1.94. The number of carbonyl (C=O) groups excluding carboxylic acids is 1. The number of thioether (sulfide) groups is 1. The Labute approximate surface area is 176 Å². The van der Waals surface area contributed by atoms with Crippen LogP contribution in [-0.2, 0) is 17.3 Å². The van der Waals surface area contributed by atoms with Gasteiger partial charge in [0.2, 0.25) is 5.91 Å². The molecule has 3 aromatic rings. The first-order chi connectivity index (χ1) is 13.6. The van der Waals surface area contributed by atoms with Gasteiger partial charge in [0.05, 0.1) is 5.25 Å². The molecule has 0 fully saturated rings. The van der Waals surface area contributed by atoms with Gasteiger partial charge in [-0.2, -0.15) is 0 Å². The Morgan fingerprint density at radius 3 is 2.24 bits per heavy atom. The fourth-order valence-electron chi connectivity index (χ4n) is 2.88. The van der Waals surface area contributed by atoms with Crippen LogP contribution in [-0.4, -0.2) is 25.9 Å². The summed E-state index contributed by atoms with van der Waals surface area (Å²) in [6, 6.07) is 16.2. The van der Waals surface area contributed by atoms with E-state index in [2.05, 4.69) is 60.6 Å². The Morgan fingerprint density at radius 1 is 1.03 bits per heavy atom. The molecule has 0 aliphatic carbocycles. The summed E-state index contributed by atoms with van der Waals surface area (Å²) in [5, 5.41) is 12.0. The van der Waals surface area contributed by atoms with Crippen LogP contribution in [0.25, 0.3) is 11.4 Å². The summed E-state index contributed by atoms with van der Waals surface area (Å²) in [6.07, 6.45) is 0. The quantitative estimate of drug-likeness (QED) is 0.589.